The molecule has 1 saturated heterocycles. The van der Waals surface area contributed by atoms with E-state index in [0.29, 0.717) is 30.3 Å². The van der Waals surface area contributed by atoms with Gasteiger partial charge in [0.1, 0.15) is 0 Å². The van der Waals surface area contributed by atoms with Crippen molar-refractivity contribution in [2.75, 3.05) is 26.3 Å². The number of morpholine rings is 1. The van der Waals surface area contributed by atoms with Crippen LogP contribution >= 0.6 is 11.6 Å². The van der Waals surface area contributed by atoms with E-state index in [4.69, 9.17) is 20.9 Å². The number of nitrogens with zero attached hydrogens (tertiary/aromatic N) is 1. The largest absolute Gasteiger partial charge is 0.379 e. The van der Waals surface area contributed by atoms with Crippen molar-refractivity contribution in [3.63, 3.8) is 0 Å². The van der Waals surface area contributed by atoms with E-state index in [9.17, 15) is 4.79 Å². The summed E-state index contributed by atoms with van der Waals surface area (Å²) in [6.07, 6.45) is 0. The van der Waals surface area contributed by atoms with Gasteiger partial charge in [0.25, 0.3) is 0 Å². The van der Waals surface area contributed by atoms with Crippen molar-refractivity contribution in [3.05, 3.63) is 45.3 Å². The van der Waals surface area contributed by atoms with Gasteiger partial charge < -0.3 is 9.26 Å². The SMILES string of the molecule is O=c1o[nH]c(-c2ccc(Cl)cc2)c1CN1CCOCC1. The first-order chi connectivity index (χ1) is 9.74. The Hall–Kier alpha value is -1.56. The second kappa shape index (κ2) is 5.83. The quantitative estimate of drug-likeness (QED) is 0.942. The molecule has 0 amide bonds. The molecule has 2 aromatic rings. The molecule has 1 N–H and O–H groups in total. The zero-order valence-electron chi connectivity index (χ0n) is 10.9. The third-order valence-electron chi connectivity index (χ3n) is 3.41. The summed E-state index contributed by atoms with van der Waals surface area (Å²) in [7, 11) is 0. The average Bonchev–Trinajstić information content (AvgIpc) is 2.83. The maximum atomic E-state index is 11.9. The highest BCUT2D eigenvalue weighted by Crippen LogP contribution is 2.22. The molecule has 1 fully saturated rings. The molecule has 0 unspecified atom stereocenters. The van der Waals surface area contributed by atoms with Crippen molar-refractivity contribution in [2.24, 2.45) is 0 Å². The number of ether oxygens (including phenoxy) is 1. The molecular weight excluding hydrogens is 280 g/mol. The maximum Gasteiger partial charge on any atom is 0.362 e. The molecule has 3 rings (SSSR count). The second-order valence-electron chi connectivity index (χ2n) is 4.74. The van der Waals surface area contributed by atoms with Crippen LogP contribution in [-0.4, -0.2) is 36.4 Å². The Morgan fingerprint density at radius 2 is 1.90 bits per heavy atom. The van der Waals surface area contributed by atoms with Crippen molar-refractivity contribution in [3.8, 4) is 11.3 Å². The number of rotatable bonds is 3. The first-order valence-corrected chi connectivity index (χ1v) is 6.88. The summed E-state index contributed by atoms with van der Waals surface area (Å²) in [5.74, 6) is 0. The van der Waals surface area contributed by atoms with Gasteiger partial charge in [-0.25, -0.2) is 9.95 Å². The zero-order chi connectivity index (χ0) is 13.9. The number of benzene rings is 1. The Bertz CT molecular complexity index is 627. The molecular formula is C14H15ClN2O3. The lowest BCUT2D eigenvalue weighted by atomic mass is 10.1. The van der Waals surface area contributed by atoms with Crippen LogP contribution < -0.4 is 5.63 Å². The third-order valence-corrected chi connectivity index (χ3v) is 3.66. The molecule has 0 atom stereocenters. The van der Waals surface area contributed by atoms with E-state index in [0.717, 1.165) is 24.3 Å². The van der Waals surface area contributed by atoms with E-state index in [-0.39, 0.29) is 5.63 Å². The first-order valence-electron chi connectivity index (χ1n) is 6.50. The highest BCUT2D eigenvalue weighted by Gasteiger charge is 2.19. The van der Waals surface area contributed by atoms with Crippen molar-refractivity contribution in [1.29, 1.82) is 0 Å². The monoisotopic (exact) mass is 294 g/mol. The van der Waals surface area contributed by atoms with Gasteiger partial charge in [-0.2, -0.15) is 0 Å². The van der Waals surface area contributed by atoms with Crippen LogP contribution in [0.5, 0.6) is 0 Å². The van der Waals surface area contributed by atoms with Crippen LogP contribution in [0.2, 0.25) is 5.02 Å². The molecule has 1 aliphatic rings. The minimum Gasteiger partial charge on any atom is -0.379 e. The van der Waals surface area contributed by atoms with Crippen LogP contribution in [0.3, 0.4) is 0 Å². The fraction of sp³-hybridized carbons (Fsp3) is 0.357. The molecule has 1 aliphatic heterocycles. The van der Waals surface area contributed by atoms with Gasteiger partial charge >= 0.3 is 5.63 Å². The Morgan fingerprint density at radius 3 is 2.60 bits per heavy atom. The Kier molecular flexibility index (Phi) is 3.91. The van der Waals surface area contributed by atoms with Crippen LogP contribution in [-0.2, 0) is 11.3 Å². The summed E-state index contributed by atoms with van der Waals surface area (Å²) in [4.78, 5) is 14.1. The maximum absolute atomic E-state index is 11.9. The Morgan fingerprint density at radius 1 is 1.20 bits per heavy atom. The molecule has 2 heterocycles. The number of nitrogens with one attached hydrogen (secondary N) is 1. The number of hydrogen-bond donors (Lipinski definition) is 1. The smallest absolute Gasteiger partial charge is 0.362 e. The highest BCUT2D eigenvalue weighted by atomic mass is 35.5. The zero-order valence-corrected chi connectivity index (χ0v) is 11.7. The minimum atomic E-state index is -0.318. The Labute approximate surface area is 121 Å². The van der Waals surface area contributed by atoms with Gasteiger partial charge in [0.2, 0.25) is 0 Å². The molecule has 20 heavy (non-hydrogen) atoms. The first kappa shape index (κ1) is 13.4. The lowest BCUT2D eigenvalue weighted by Gasteiger charge is -2.25. The topological polar surface area (TPSA) is 58.5 Å². The summed E-state index contributed by atoms with van der Waals surface area (Å²) in [5, 5.41) is 3.37. The molecule has 0 saturated carbocycles. The van der Waals surface area contributed by atoms with Gasteiger partial charge in [0, 0.05) is 30.2 Å². The predicted octanol–water partition coefficient (Wildman–Crippen LogP) is 2.12. The molecule has 106 valence electrons. The number of halogens is 1. The van der Waals surface area contributed by atoms with E-state index >= 15 is 0 Å². The summed E-state index contributed by atoms with van der Waals surface area (Å²) < 4.78 is 10.3. The standard InChI is InChI=1S/C14H15ClN2O3/c15-11-3-1-10(2-4-11)13-12(14(18)20-16-13)9-17-5-7-19-8-6-17/h1-4,16H,5-9H2. The van der Waals surface area contributed by atoms with Gasteiger partial charge in [0.15, 0.2) is 0 Å². The van der Waals surface area contributed by atoms with Gasteiger partial charge in [0.05, 0.1) is 24.5 Å². The van der Waals surface area contributed by atoms with Crippen molar-refractivity contribution in [2.45, 2.75) is 6.54 Å². The predicted molar refractivity (Wildman–Crippen MR) is 75.9 cm³/mol. The summed E-state index contributed by atoms with van der Waals surface area (Å²) in [6.45, 7) is 3.61. The van der Waals surface area contributed by atoms with E-state index in [1.165, 1.54) is 0 Å². The lowest BCUT2D eigenvalue weighted by molar-refractivity contribution is 0.0340. The summed E-state index contributed by atoms with van der Waals surface area (Å²) in [6, 6.07) is 7.32. The summed E-state index contributed by atoms with van der Waals surface area (Å²) >= 11 is 5.88. The minimum absolute atomic E-state index is 0.318. The number of H-pyrrole nitrogens is 1. The lowest BCUT2D eigenvalue weighted by Crippen LogP contribution is -2.36. The van der Waals surface area contributed by atoms with Gasteiger partial charge in [-0.1, -0.05) is 23.7 Å². The number of aromatic amines is 1. The van der Waals surface area contributed by atoms with Crippen molar-refractivity contribution >= 4 is 11.6 Å². The molecule has 0 spiro atoms. The fourth-order valence-electron chi connectivity index (χ4n) is 2.30. The van der Waals surface area contributed by atoms with Crippen LogP contribution in [0.4, 0.5) is 0 Å². The van der Waals surface area contributed by atoms with E-state index in [1.807, 2.05) is 12.1 Å². The fourth-order valence-corrected chi connectivity index (χ4v) is 2.42. The third kappa shape index (κ3) is 2.80. The molecule has 0 bridgehead atoms. The van der Waals surface area contributed by atoms with Crippen LogP contribution in [0.1, 0.15) is 5.56 Å². The molecule has 5 nitrogen and oxygen atoms in total. The highest BCUT2D eigenvalue weighted by molar-refractivity contribution is 6.30. The molecule has 1 aromatic heterocycles. The van der Waals surface area contributed by atoms with Gasteiger partial charge in [-0.3, -0.25) is 4.90 Å². The van der Waals surface area contributed by atoms with E-state index in [1.54, 1.807) is 12.1 Å². The summed E-state index contributed by atoms with van der Waals surface area (Å²) in [5.41, 5.74) is 1.94. The Balaban J connectivity index is 1.88. The molecule has 0 radical (unpaired) electrons. The van der Waals surface area contributed by atoms with Crippen molar-refractivity contribution < 1.29 is 9.26 Å². The molecule has 1 aromatic carbocycles. The van der Waals surface area contributed by atoms with Crippen LogP contribution in [0.25, 0.3) is 11.3 Å². The van der Waals surface area contributed by atoms with Gasteiger partial charge in [-0.05, 0) is 12.1 Å². The normalized spacial score (nSPS) is 16.4. The average molecular weight is 295 g/mol. The van der Waals surface area contributed by atoms with Crippen LogP contribution in [0, 0.1) is 0 Å². The molecule has 6 heteroatoms. The van der Waals surface area contributed by atoms with E-state index < -0.39 is 0 Å². The van der Waals surface area contributed by atoms with Gasteiger partial charge in [-0.15, -0.1) is 0 Å². The molecule has 0 aliphatic carbocycles. The second-order valence-corrected chi connectivity index (χ2v) is 5.18. The van der Waals surface area contributed by atoms with E-state index in [2.05, 4.69) is 10.1 Å². The van der Waals surface area contributed by atoms with Crippen molar-refractivity contribution in [1.82, 2.24) is 10.1 Å². The van der Waals surface area contributed by atoms with Crippen LogP contribution in [0.15, 0.2) is 33.6 Å². The number of aromatic nitrogens is 1. The number of hydrogen-bond acceptors (Lipinski definition) is 4.